The van der Waals surface area contributed by atoms with E-state index in [1.165, 1.54) is 6.21 Å². The minimum absolute atomic E-state index is 0.605. The van der Waals surface area contributed by atoms with Gasteiger partial charge >= 0.3 is 0 Å². The van der Waals surface area contributed by atoms with Crippen LogP contribution in [0.1, 0.15) is 5.56 Å². The molecule has 0 aliphatic rings. The Hall–Kier alpha value is -2.62. The molecule has 0 saturated carbocycles. The third-order valence-electron chi connectivity index (χ3n) is 2.97. The number of hydrogen-bond acceptors (Lipinski definition) is 4. The van der Waals surface area contributed by atoms with Gasteiger partial charge in [-0.3, -0.25) is 0 Å². The lowest BCUT2D eigenvalue weighted by Gasteiger charge is -2.05. The zero-order valence-corrected chi connectivity index (χ0v) is 11.6. The molecule has 0 atom stereocenters. The summed E-state index contributed by atoms with van der Waals surface area (Å²) in [5, 5.41) is 11.4. The van der Waals surface area contributed by atoms with Crippen LogP contribution < -0.4 is 10.2 Å². The van der Waals surface area contributed by atoms with E-state index in [-0.39, 0.29) is 0 Å². The molecule has 2 N–H and O–H groups in total. The second-order valence-corrected chi connectivity index (χ2v) is 4.17. The van der Waals surface area contributed by atoms with Crippen molar-refractivity contribution in [2.24, 2.45) is 5.10 Å². The second-order valence-electron chi connectivity index (χ2n) is 4.17. The molecule has 0 aromatic heterocycles. The molecule has 0 amide bonds. The lowest BCUT2D eigenvalue weighted by atomic mass is 10.0. The highest BCUT2D eigenvalue weighted by atomic mass is 16.5. The Morgan fingerprint density at radius 3 is 2.05 bits per heavy atom. The van der Waals surface area contributed by atoms with Crippen molar-refractivity contribution in [3.63, 3.8) is 0 Å². The Morgan fingerprint density at radius 2 is 1.60 bits per heavy atom. The molecule has 2 aromatic carbocycles. The normalized spacial score (nSPS) is 11.0. The van der Waals surface area contributed by atoms with Crippen LogP contribution in [0.25, 0.3) is 11.1 Å². The van der Waals surface area contributed by atoms with Crippen molar-refractivity contribution >= 4 is 11.9 Å². The monoisotopic (exact) mass is 267 g/mol. The molecule has 0 radical (unpaired) electrons. The van der Waals surface area contributed by atoms with Crippen LogP contribution in [0.15, 0.2) is 53.6 Å². The molecule has 102 valence electrons. The predicted octanol–water partition coefficient (Wildman–Crippen LogP) is 2.94. The summed E-state index contributed by atoms with van der Waals surface area (Å²) in [6.45, 7) is 0. The smallest absolute Gasteiger partial charge is 0.118 e. The van der Waals surface area contributed by atoms with Gasteiger partial charge in [0.2, 0.25) is 0 Å². The Balaban J connectivity index is 2.27. The molecular formula is C16H17N3O. The summed E-state index contributed by atoms with van der Waals surface area (Å²) in [6.07, 6.45) is 1.24. The van der Waals surface area contributed by atoms with Crippen molar-refractivity contribution in [1.29, 1.82) is 5.41 Å². The fraction of sp³-hybridized carbons (Fsp3) is 0.125. The van der Waals surface area contributed by atoms with E-state index >= 15 is 0 Å². The number of ether oxygens (including phenoxy) is 1. The lowest BCUT2D eigenvalue weighted by molar-refractivity contribution is 0.415. The summed E-state index contributed by atoms with van der Waals surface area (Å²) in [6, 6.07) is 15.9. The molecule has 4 heteroatoms. The topological polar surface area (TPSA) is 57.5 Å². The Morgan fingerprint density at radius 1 is 1.05 bits per heavy atom. The molecule has 0 aliphatic carbocycles. The van der Waals surface area contributed by atoms with Gasteiger partial charge in [0, 0.05) is 18.8 Å². The molecule has 2 aromatic rings. The fourth-order valence-corrected chi connectivity index (χ4v) is 1.92. The van der Waals surface area contributed by atoms with E-state index in [2.05, 4.69) is 10.5 Å². The zero-order chi connectivity index (χ0) is 14.4. The van der Waals surface area contributed by atoms with E-state index in [0.29, 0.717) is 5.71 Å². The molecule has 20 heavy (non-hydrogen) atoms. The van der Waals surface area contributed by atoms with Gasteiger partial charge in [-0.25, -0.2) is 0 Å². The van der Waals surface area contributed by atoms with Gasteiger partial charge in [0.15, 0.2) is 0 Å². The van der Waals surface area contributed by atoms with Crippen molar-refractivity contribution in [2.45, 2.75) is 0 Å². The molecule has 0 unspecified atom stereocenters. The minimum atomic E-state index is 0.605. The largest absolute Gasteiger partial charge is 0.497 e. The van der Waals surface area contributed by atoms with E-state index in [1.54, 1.807) is 14.2 Å². The van der Waals surface area contributed by atoms with Crippen LogP contribution in [0.2, 0.25) is 0 Å². The van der Waals surface area contributed by atoms with Crippen molar-refractivity contribution in [1.82, 2.24) is 5.43 Å². The third kappa shape index (κ3) is 3.03. The van der Waals surface area contributed by atoms with Crippen LogP contribution in [0, 0.1) is 5.41 Å². The van der Waals surface area contributed by atoms with E-state index < -0.39 is 0 Å². The van der Waals surface area contributed by atoms with Crippen LogP contribution in [0.4, 0.5) is 0 Å². The number of hydrogen-bond donors (Lipinski definition) is 2. The van der Waals surface area contributed by atoms with E-state index in [1.807, 2.05) is 48.5 Å². The standard InChI is InChI=1S/C16H17N3O/c1-18-19-16(11-17)14-5-3-12(4-6-14)13-7-9-15(20-2)10-8-13/h3-11,17-18H,1-2H3/b17-11?,19-16+. The molecule has 2 rings (SSSR count). The number of benzene rings is 2. The number of hydrazone groups is 1. The average molecular weight is 267 g/mol. The highest BCUT2D eigenvalue weighted by molar-refractivity contribution is 6.37. The molecule has 0 spiro atoms. The quantitative estimate of drug-likeness (QED) is 0.646. The van der Waals surface area contributed by atoms with Crippen LogP contribution >= 0.6 is 0 Å². The van der Waals surface area contributed by atoms with Crippen LogP contribution in [0.5, 0.6) is 5.75 Å². The predicted molar refractivity (Wildman–Crippen MR) is 82.8 cm³/mol. The highest BCUT2D eigenvalue weighted by Crippen LogP contribution is 2.22. The van der Waals surface area contributed by atoms with Crippen molar-refractivity contribution in [3.05, 3.63) is 54.1 Å². The van der Waals surface area contributed by atoms with Gasteiger partial charge in [-0.15, -0.1) is 0 Å². The molecule has 0 fully saturated rings. The maximum Gasteiger partial charge on any atom is 0.118 e. The summed E-state index contributed by atoms with van der Waals surface area (Å²) in [7, 11) is 3.37. The maximum atomic E-state index is 7.35. The Kier molecular flexibility index (Phi) is 4.50. The van der Waals surface area contributed by atoms with Crippen LogP contribution in [0.3, 0.4) is 0 Å². The molecule has 0 bridgehead atoms. The zero-order valence-electron chi connectivity index (χ0n) is 11.6. The summed E-state index contributed by atoms with van der Waals surface area (Å²) >= 11 is 0. The van der Waals surface area contributed by atoms with Gasteiger partial charge in [0.25, 0.3) is 0 Å². The first-order chi connectivity index (χ1) is 9.78. The summed E-state index contributed by atoms with van der Waals surface area (Å²) in [5.41, 5.74) is 6.45. The summed E-state index contributed by atoms with van der Waals surface area (Å²) < 4.78 is 5.15. The lowest BCUT2D eigenvalue weighted by Crippen LogP contribution is -2.07. The number of rotatable bonds is 5. The summed E-state index contributed by atoms with van der Waals surface area (Å²) in [4.78, 5) is 0. The van der Waals surface area contributed by atoms with E-state index in [9.17, 15) is 0 Å². The van der Waals surface area contributed by atoms with Crippen molar-refractivity contribution in [2.75, 3.05) is 14.2 Å². The van der Waals surface area contributed by atoms with Gasteiger partial charge in [-0.05, 0) is 23.3 Å². The SMILES string of the molecule is CN/N=C(\C=N)c1ccc(-c2ccc(OC)cc2)cc1. The molecule has 4 nitrogen and oxygen atoms in total. The van der Waals surface area contributed by atoms with Gasteiger partial charge in [-0.1, -0.05) is 36.4 Å². The van der Waals surface area contributed by atoms with Gasteiger partial charge < -0.3 is 15.6 Å². The van der Waals surface area contributed by atoms with E-state index in [0.717, 1.165) is 22.4 Å². The van der Waals surface area contributed by atoms with E-state index in [4.69, 9.17) is 10.1 Å². The summed E-state index contributed by atoms with van der Waals surface area (Å²) in [5.74, 6) is 0.845. The van der Waals surface area contributed by atoms with Crippen LogP contribution in [-0.4, -0.2) is 26.1 Å². The third-order valence-corrected chi connectivity index (χ3v) is 2.97. The first kappa shape index (κ1) is 13.8. The highest BCUT2D eigenvalue weighted by Gasteiger charge is 2.02. The number of nitrogens with one attached hydrogen (secondary N) is 2. The number of nitrogens with zero attached hydrogens (tertiary/aromatic N) is 1. The Labute approximate surface area is 118 Å². The first-order valence-corrected chi connectivity index (χ1v) is 6.28. The maximum absolute atomic E-state index is 7.35. The minimum Gasteiger partial charge on any atom is -0.497 e. The molecule has 0 aliphatic heterocycles. The van der Waals surface area contributed by atoms with Gasteiger partial charge in [0.1, 0.15) is 11.5 Å². The average Bonchev–Trinajstić information content (AvgIpc) is 2.53. The Bertz CT molecular complexity index is 601. The fourth-order valence-electron chi connectivity index (χ4n) is 1.92. The van der Waals surface area contributed by atoms with Gasteiger partial charge in [-0.2, -0.15) is 5.10 Å². The van der Waals surface area contributed by atoms with Crippen LogP contribution in [-0.2, 0) is 0 Å². The molecule has 0 heterocycles. The number of methoxy groups -OCH3 is 1. The molecular weight excluding hydrogens is 250 g/mol. The van der Waals surface area contributed by atoms with Crippen molar-refractivity contribution in [3.8, 4) is 16.9 Å². The van der Waals surface area contributed by atoms with Gasteiger partial charge in [0.05, 0.1) is 7.11 Å². The second kappa shape index (κ2) is 6.52. The van der Waals surface area contributed by atoms with Crippen molar-refractivity contribution < 1.29 is 4.74 Å². The molecule has 0 saturated heterocycles. The first-order valence-electron chi connectivity index (χ1n) is 6.28.